The fourth-order valence-corrected chi connectivity index (χ4v) is 4.09. The van der Waals surface area contributed by atoms with Crippen molar-refractivity contribution in [1.29, 1.82) is 0 Å². The predicted molar refractivity (Wildman–Crippen MR) is 99.8 cm³/mol. The van der Waals surface area contributed by atoms with E-state index in [2.05, 4.69) is 70.2 Å². The van der Waals surface area contributed by atoms with Crippen molar-refractivity contribution in [2.75, 3.05) is 0 Å². The zero-order valence-electron chi connectivity index (χ0n) is 14.0. The largest absolute Gasteiger partial charge is 0.334 e. The average molecular weight is 384 g/mol. The van der Waals surface area contributed by atoms with Gasteiger partial charge >= 0.3 is 0 Å². The van der Waals surface area contributed by atoms with Crippen LogP contribution in [-0.4, -0.2) is 16.8 Å². The van der Waals surface area contributed by atoms with E-state index in [9.17, 15) is 4.79 Å². The molecule has 0 spiro atoms. The van der Waals surface area contributed by atoms with E-state index in [1.165, 1.54) is 22.3 Å². The third-order valence-electron chi connectivity index (χ3n) is 5.22. The van der Waals surface area contributed by atoms with Crippen molar-refractivity contribution in [3.05, 3.63) is 69.2 Å². The number of carbonyl (C=O) groups is 1. The fraction of sp³-hybridized carbons (Fsp3) is 0.381. The summed E-state index contributed by atoms with van der Waals surface area (Å²) in [6.45, 7) is 2.81. The quantitative estimate of drug-likeness (QED) is 0.751. The van der Waals surface area contributed by atoms with Crippen LogP contribution in [0.4, 0.5) is 0 Å². The van der Waals surface area contributed by atoms with Gasteiger partial charge in [0.25, 0.3) is 0 Å². The third-order valence-corrected chi connectivity index (χ3v) is 6.00. The number of fused-ring (bicyclic) bond motifs is 1. The summed E-state index contributed by atoms with van der Waals surface area (Å²) in [5.74, 6) is 0.610. The smallest absolute Gasteiger partial charge is 0.226 e. The van der Waals surface area contributed by atoms with Crippen molar-refractivity contribution in [3.8, 4) is 0 Å². The topological polar surface area (TPSA) is 20.3 Å². The minimum absolute atomic E-state index is 0.261. The maximum atomic E-state index is 13.0. The Morgan fingerprint density at radius 1 is 1.12 bits per heavy atom. The highest BCUT2D eigenvalue weighted by Gasteiger charge is 2.38. The van der Waals surface area contributed by atoms with Crippen LogP contribution in [0.1, 0.15) is 35.1 Å². The van der Waals surface area contributed by atoms with Gasteiger partial charge < -0.3 is 4.90 Å². The van der Waals surface area contributed by atoms with Gasteiger partial charge in [-0.15, -0.1) is 0 Å². The molecule has 2 nitrogen and oxygen atoms in total. The first kappa shape index (κ1) is 15.9. The van der Waals surface area contributed by atoms with Crippen molar-refractivity contribution in [2.45, 2.75) is 45.2 Å². The molecule has 0 heterocycles. The summed E-state index contributed by atoms with van der Waals surface area (Å²) in [6.07, 6.45) is 4.09. The van der Waals surface area contributed by atoms with Gasteiger partial charge in [-0.1, -0.05) is 57.9 Å². The SMILES string of the molecule is Cc1ccc(Br)c(CN(C(=O)C2CC2)C2Cc3ccccc3C2)c1. The second kappa shape index (κ2) is 6.36. The lowest BCUT2D eigenvalue weighted by molar-refractivity contribution is -0.135. The average Bonchev–Trinajstić information content (AvgIpc) is 3.34. The molecule has 0 N–H and O–H groups in total. The van der Waals surface area contributed by atoms with E-state index >= 15 is 0 Å². The Morgan fingerprint density at radius 2 is 1.79 bits per heavy atom. The Labute approximate surface area is 152 Å². The summed E-state index contributed by atoms with van der Waals surface area (Å²) in [6, 6.07) is 15.3. The van der Waals surface area contributed by atoms with Gasteiger partial charge in [0.2, 0.25) is 5.91 Å². The molecule has 4 rings (SSSR count). The lowest BCUT2D eigenvalue weighted by atomic mass is 10.1. The summed E-state index contributed by atoms with van der Waals surface area (Å²) in [4.78, 5) is 15.1. The summed E-state index contributed by atoms with van der Waals surface area (Å²) in [5, 5.41) is 0. The maximum absolute atomic E-state index is 13.0. The van der Waals surface area contributed by atoms with Crippen LogP contribution in [0.3, 0.4) is 0 Å². The van der Waals surface area contributed by atoms with E-state index in [1.807, 2.05) is 0 Å². The number of benzene rings is 2. The van der Waals surface area contributed by atoms with Crippen LogP contribution in [0.2, 0.25) is 0 Å². The van der Waals surface area contributed by atoms with Gasteiger partial charge in [0.05, 0.1) is 0 Å². The Bertz CT molecular complexity index is 756. The standard InChI is InChI=1S/C21H22BrNO/c1-14-6-9-20(22)18(10-14)13-23(21(24)15-7-8-15)19-11-16-4-2-3-5-17(16)12-19/h2-6,9-10,15,19H,7-8,11-13H2,1H3. The Morgan fingerprint density at radius 3 is 2.42 bits per heavy atom. The molecule has 0 unspecified atom stereocenters. The van der Waals surface area contributed by atoms with Crippen LogP contribution >= 0.6 is 15.9 Å². The molecule has 0 atom stereocenters. The highest BCUT2D eigenvalue weighted by Crippen LogP contribution is 2.35. The van der Waals surface area contributed by atoms with Gasteiger partial charge in [-0.25, -0.2) is 0 Å². The predicted octanol–water partition coefficient (Wildman–Crippen LogP) is 4.66. The van der Waals surface area contributed by atoms with Crippen LogP contribution in [0.25, 0.3) is 0 Å². The number of hydrogen-bond donors (Lipinski definition) is 0. The molecule has 2 aromatic carbocycles. The molecule has 1 saturated carbocycles. The summed E-state index contributed by atoms with van der Waals surface area (Å²) < 4.78 is 1.09. The number of halogens is 1. The zero-order valence-corrected chi connectivity index (χ0v) is 15.6. The molecule has 124 valence electrons. The molecular weight excluding hydrogens is 362 g/mol. The van der Waals surface area contributed by atoms with E-state index in [1.54, 1.807) is 0 Å². The van der Waals surface area contributed by atoms with Crippen molar-refractivity contribution in [1.82, 2.24) is 4.90 Å². The molecule has 0 radical (unpaired) electrons. The number of hydrogen-bond acceptors (Lipinski definition) is 1. The normalized spacial score (nSPS) is 16.9. The van der Waals surface area contributed by atoms with Crippen LogP contribution in [0.5, 0.6) is 0 Å². The maximum Gasteiger partial charge on any atom is 0.226 e. The molecule has 0 aliphatic heterocycles. The molecule has 2 aliphatic rings. The molecule has 0 saturated heterocycles. The van der Waals surface area contributed by atoms with Crippen LogP contribution in [0, 0.1) is 12.8 Å². The highest BCUT2D eigenvalue weighted by molar-refractivity contribution is 9.10. The summed E-state index contributed by atoms with van der Waals surface area (Å²) >= 11 is 3.66. The van der Waals surface area contributed by atoms with Gasteiger partial charge in [-0.2, -0.15) is 0 Å². The van der Waals surface area contributed by atoms with Gasteiger partial charge in [-0.3, -0.25) is 4.79 Å². The summed E-state index contributed by atoms with van der Waals surface area (Å²) in [7, 11) is 0. The van der Waals surface area contributed by atoms with Crippen LogP contribution in [0.15, 0.2) is 46.9 Å². The highest BCUT2D eigenvalue weighted by atomic mass is 79.9. The van der Waals surface area contributed by atoms with Crippen LogP contribution in [-0.2, 0) is 24.2 Å². The Kier molecular flexibility index (Phi) is 4.21. The minimum Gasteiger partial charge on any atom is -0.334 e. The van der Waals surface area contributed by atoms with Gasteiger partial charge in [0, 0.05) is 23.0 Å². The molecule has 1 fully saturated rings. The van der Waals surface area contributed by atoms with Crippen molar-refractivity contribution in [3.63, 3.8) is 0 Å². The van der Waals surface area contributed by atoms with Crippen molar-refractivity contribution in [2.24, 2.45) is 5.92 Å². The van der Waals surface area contributed by atoms with E-state index in [4.69, 9.17) is 0 Å². The molecule has 2 aromatic rings. The monoisotopic (exact) mass is 383 g/mol. The van der Waals surface area contributed by atoms with E-state index in [0.717, 1.165) is 30.2 Å². The molecule has 0 bridgehead atoms. The molecular formula is C21H22BrNO. The minimum atomic E-state index is 0.261. The van der Waals surface area contributed by atoms with Crippen LogP contribution < -0.4 is 0 Å². The fourth-order valence-electron chi connectivity index (χ4n) is 3.72. The Hall–Kier alpha value is -1.61. The Balaban J connectivity index is 1.61. The first-order chi connectivity index (χ1) is 11.6. The second-order valence-corrected chi connectivity index (χ2v) is 8.02. The molecule has 24 heavy (non-hydrogen) atoms. The van der Waals surface area contributed by atoms with Crippen molar-refractivity contribution >= 4 is 21.8 Å². The number of amides is 1. The van der Waals surface area contributed by atoms with E-state index in [-0.39, 0.29) is 5.92 Å². The molecule has 3 heteroatoms. The third kappa shape index (κ3) is 3.14. The number of rotatable bonds is 4. The molecule has 1 amide bonds. The lowest BCUT2D eigenvalue weighted by Gasteiger charge is -2.30. The molecule has 0 aromatic heterocycles. The first-order valence-electron chi connectivity index (χ1n) is 8.74. The van der Waals surface area contributed by atoms with E-state index in [0.29, 0.717) is 18.5 Å². The lowest BCUT2D eigenvalue weighted by Crippen LogP contribution is -2.41. The molecule has 2 aliphatic carbocycles. The number of carbonyl (C=O) groups excluding carboxylic acids is 1. The van der Waals surface area contributed by atoms with Gasteiger partial charge in [-0.05, 0) is 55.4 Å². The van der Waals surface area contributed by atoms with Gasteiger partial charge in [0.1, 0.15) is 0 Å². The number of nitrogens with zero attached hydrogens (tertiary/aromatic N) is 1. The van der Waals surface area contributed by atoms with Gasteiger partial charge in [0.15, 0.2) is 0 Å². The first-order valence-corrected chi connectivity index (χ1v) is 9.53. The van der Waals surface area contributed by atoms with Crippen molar-refractivity contribution < 1.29 is 4.79 Å². The second-order valence-electron chi connectivity index (χ2n) is 7.17. The number of aryl methyl sites for hydroxylation is 1. The zero-order chi connectivity index (χ0) is 16.7. The van der Waals surface area contributed by atoms with E-state index < -0.39 is 0 Å². The summed E-state index contributed by atoms with van der Waals surface area (Å²) in [5.41, 5.74) is 5.25.